The van der Waals surface area contributed by atoms with Crippen molar-refractivity contribution >= 4 is 11.9 Å². The molecule has 4 nitrogen and oxygen atoms in total. The summed E-state index contributed by atoms with van der Waals surface area (Å²) in [5.74, 6) is 0.0908. The SMILES string of the molecule is Cc1ccc(C(C/C=N\O)c2ccncc2-c2ccc(N(C)C)cc2)cc1. The van der Waals surface area contributed by atoms with Crippen LogP contribution in [-0.4, -0.2) is 30.5 Å². The quantitative estimate of drug-likeness (QED) is 0.378. The Morgan fingerprint density at radius 3 is 2.37 bits per heavy atom. The number of hydrogen-bond acceptors (Lipinski definition) is 4. The predicted molar refractivity (Wildman–Crippen MR) is 112 cm³/mol. The molecule has 1 aromatic heterocycles. The highest BCUT2D eigenvalue weighted by Crippen LogP contribution is 2.35. The highest BCUT2D eigenvalue weighted by atomic mass is 16.4. The third kappa shape index (κ3) is 4.34. The van der Waals surface area contributed by atoms with Gasteiger partial charge in [-0.15, -0.1) is 5.16 Å². The largest absolute Gasteiger partial charge is 0.411 e. The van der Waals surface area contributed by atoms with Crippen LogP contribution in [0.3, 0.4) is 0 Å². The molecule has 1 heterocycles. The van der Waals surface area contributed by atoms with E-state index in [0.29, 0.717) is 6.42 Å². The Bertz CT molecular complexity index is 900. The Morgan fingerprint density at radius 1 is 1.04 bits per heavy atom. The lowest BCUT2D eigenvalue weighted by atomic mass is 9.85. The first-order valence-corrected chi connectivity index (χ1v) is 9.04. The summed E-state index contributed by atoms with van der Waals surface area (Å²) in [7, 11) is 4.07. The number of rotatable bonds is 6. The second-order valence-corrected chi connectivity index (χ2v) is 6.90. The van der Waals surface area contributed by atoms with Crippen molar-refractivity contribution < 1.29 is 5.21 Å². The monoisotopic (exact) mass is 359 g/mol. The molecule has 0 fully saturated rings. The van der Waals surface area contributed by atoms with Crippen LogP contribution >= 0.6 is 0 Å². The number of nitrogens with zero attached hydrogens (tertiary/aromatic N) is 3. The molecule has 27 heavy (non-hydrogen) atoms. The fourth-order valence-electron chi connectivity index (χ4n) is 3.28. The van der Waals surface area contributed by atoms with Gasteiger partial charge in [0.1, 0.15) is 0 Å². The van der Waals surface area contributed by atoms with E-state index in [9.17, 15) is 0 Å². The van der Waals surface area contributed by atoms with Gasteiger partial charge >= 0.3 is 0 Å². The topological polar surface area (TPSA) is 48.7 Å². The Hall–Kier alpha value is -3.14. The molecule has 0 spiro atoms. The molecule has 4 heteroatoms. The minimum atomic E-state index is 0.0908. The first-order valence-electron chi connectivity index (χ1n) is 9.04. The van der Waals surface area contributed by atoms with E-state index in [-0.39, 0.29) is 5.92 Å². The summed E-state index contributed by atoms with van der Waals surface area (Å²) in [5.41, 5.74) is 6.97. The predicted octanol–water partition coefficient (Wildman–Crippen LogP) is 5.11. The third-order valence-electron chi connectivity index (χ3n) is 4.83. The van der Waals surface area contributed by atoms with Crippen LogP contribution in [0.25, 0.3) is 11.1 Å². The molecule has 138 valence electrons. The van der Waals surface area contributed by atoms with Crippen LogP contribution in [-0.2, 0) is 0 Å². The molecule has 0 aliphatic rings. The van der Waals surface area contributed by atoms with Crippen LogP contribution < -0.4 is 4.90 Å². The summed E-state index contributed by atoms with van der Waals surface area (Å²) in [6, 6.07) is 19.1. The molecule has 0 bridgehead atoms. The number of aryl methyl sites for hydroxylation is 1. The maximum Gasteiger partial charge on any atom is 0.0445 e. The Morgan fingerprint density at radius 2 is 1.74 bits per heavy atom. The Kier molecular flexibility index (Phi) is 5.87. The van der Waals surface area contributed by atoms with Gasteiger partial charge in [0.25, 0.3) is 0 Å². The second-order valence-electron chi connectivity index (χ2n) is 6.90. The summed E-state index contributed by atoms with van der Waals surface area (Å²) in [6.07, 6.45) is 5.91. The molecular formula is C23H25N3O. The lowest BCUT2D eigenvalue weighted by Crippen LogP contribution is -2.08. The summed E-state index contributed by atoms with van der Waals surface area (Å²) in [4.78, 5) is 6.44. The average molecular weight is 359 g/mol. The van der Waals surface area contributed by atoms with Gasteiger partial charge in [-0.1, -0.05) is 42.0 Å². The molecule has 3 rings (SSSR count). The maximum atomic E-state index is 8.97. The average Bonchev–Trinajstić information content (AvgIpc) is 2.70. The van der Waals surface area contributed by atoms with Crippen LogP contribution in [0.2, 0.25) is 0 Å². The first-order chi connectivity index (χ1) is 13.1. The normalized spacial score (nSPS) is 12.3. The molecule has 0 saturated carbocycles. The Balaban J connectivity index is 2.06. The molecule has 0 aliphatic heterocycles. The second kappa shape index (κ2) is 8.49. The standard InChI is InChI=1S/C23H25N3O/c1-17-4-6-18(7-5-17)21(13-15-25-27)22-12-14-24-16-23(22)19-8-10-20(11-9-19)26(2)3/h4-12,14-16,21,27H,13H2,1-3H3/b25-15-. The minimum Gasteiger partial charge on any atom is -0.411 e. The van der Waals surface area contributed by atoms with Crippen molar-refractivity contribution in [2.75, 3.05) is 19.0 Å². The lowest BCUT2D eigenvalue weighted by molar-refractivity contribution is 0.320. The van der Waals surface area contributed by atoms with E-state index < -0.39 is 0 Å². The fraction of sp³-hybridized carbons (Fsp3) is 0.217. The number of benzene rings is 2. The molecule has 2 aromatic carbocycles. The number of pyridine rings is 1. The van der Waals surface area contributed by atoms with E-state index in [0.717, 1.165) is 16.8 Å². The lowest BCUT2D eigenvalue weighted by Gasteiger charge is -2.20. The van der Waals surface area contributed by atoms with Crippen molar-refractivity contribution in [2.45, 2.75) is 19.3 Å². The molecule has 1 unspecified atom stereocenters. The van der Waals surface area contributed by atoms with Crippen LogP contribution in [0.5, 0.6) is 0 Å². The molecule has 0 amide bonds. The summed E-state index contributed by atoms with van der Waals surface area (Å²) in [6.45, 7) is 2.08. The highest BCUT2D eigenvalue weighted by molar-refractivity contribution is 5.71. The number of hydrogen-bond donors (Lipinski definition) is 1. The van der Waals surface area contributed by atoms with Crippen molar-refractivity contribution in [2.24, 2.45) is 5.16 Å². The molecule has 3 aromatic rings. The van der Waals surface area contributed by atoms with Crippen molar-refractivity contribution in [3.63, 3.8) is 0 Å². The van der Waals surface area contributed by atoms with Crippen LogP contribution in [0.15, 0.2) is 72.1 Å². The van der Waals surface area contributed by atoms with Gasteiger partial charge in [0.2, 0.25) is 0 Å². The number of anilines is 1. The zero-order chi connectivity index (χ0) is 19.2. The molecule has 0 saturated heterocycles. The molecule has 0 radical (unpaired) electrons. The first kappa shape index (κ1) is 18.6. The van der Waals surface area contributed by atoms with Crippen LogP contribution in [0.1, 0.15) is 29.0 Å². The summed E-state index contributed by atoms with van der Waals surface area (Å²) >= 11 is 0. The maximum absolute atomic E-state index is 8.97. The van der Waals surface area contributed by atoms with Gasteiger partial charge in [-0.2, -0.15) is 0 Å². The van der Waals surface area contributed by atoms with E-state index in [1.54, 1.807) is 6.21 Å². The molecule has 1 atom stereocenters. The summed E-state index contributed by atoms with van der Waals surface area (Å²) < 4.78 is 0. The summed E-state index contributed by atoms with van der Waals surface area (Å²) in [5, 5.41) is 12.2. The third-order valence-corrected chi connectivity index (χ3v) is 4.83. The zero-order valence-electron chi connectivity index (χ0n) is 16.0. The van der Waals surface area contributed by atoms with Crippen molar-refractivity contribution in [3.8, 4) is 11.1 Å². The smallest absolute Gasteiger partial charge is 0.0445 e. The van der Waals surface area contributed by atoms with Crippen molar-refractivity contribution in [1.82, 2.24) is 4.98 Å². The van der Waals surface area contributed by atoms with Gasteiger partial charge in [-0.25, -0.2) is 0 Å². The van der Waals surface area contributed by atoms with Crippen LogP contribution in [0, 0.1) is 6.92 Å². The van der Waals surface area contributed by atoms with Gasteiger partial charge in [-0.3, -0.25) is 4.98 Å². The molecule has 1 N–H and O–H groups in total. The van der Waals surface area contributed by atoms with Gasteiger partial charge in [0.15, 0.2) is 0 Å². The number of oxime groups is 1. The number of aromatic nitrogens is 1. The van der Waals surface area contributed by atoms with E-state index in [1.165, 1.54) is 16.7 Å². The van der Waals surface area contributed by atoms with E-state index >= 15 is 0 Å². The highest BCUT2D eigenvalue weighted by Gasteiger charge is 2.18. The fourth-order valence-corrected chi connectivity index (χ4v) is 3.28. The zero-order valence-corrected chi connectivity index (χ0v) is 16.0. The van der Waals surface area contributed by atoms with Gasteiger partial charge in [-0.05, 0) is 48.2 Å². The molecular weight excluding hydrogens is 334 g/mol. The van der Waals surface area contributed by atoms with Gasteiger partial charge in [0, 0.05) is 49.9 Å². The van der Waals surface area contributed by atoms with E-state index in [2.05, 4.69) is 76.6 Å². The molecule has 0 aliphatic carbocycles. The minimum absolute atomic E-state index is 0.0908. The van der Waals surface area contributed by atoms with Gasteiger partial charge < -0.3 is 10.1 Å². The van der Waals surface area contributed by atoms with E-state index in [4.69, 9.17) is 5.21 Å². The van der Waals surface area contributed by atoms with Crippen molar-refractivity contribution in [1.29, 1.82) is 0 Å². The van der Waals surface area contributed by atoms with Crippen LogP contribution in [0.4, 0.5) is 5.69 Å². The van der Waals surface area contributed by atoms with Crippen molar-refractivity contribution in [3.05, 3.63) is 83.7 Å². The van der Waals surface area contributed by atoms with Gasteiger partial charge in [0.05, 0.1) is 0 Å². The van der Waals surface area contributed by atoms with E-state index in [1.807, 2.05) is 26.5 Å². The Labute approximate surface area is 160 Å².